The Hall–Kier alpha value is -3.07. The molecule has 0 aliphatic rings. The van der Waals surface area contributed by atoms with Gasteiger partial charge in [-0.25, -0.2) is 4.98 Å². The van der Waals surface area contributed by atoms with Crippen LogP contribution in [-0.2, 0) is 25.1 Å². The summed E-state index contributed by atoms with van der Waals surface area (Å²) in [5, 5.41) is 23.7. The molecule has 9 heteroatoms. The topological polar surface area (TPSA) is 123 Å². The second-order valence-electron chi connectivity index (χ2n) is 8.73. The zero-order valence-corrected chi connectivity index (χ0v) is 19.9. The molecule has 0 unspecified atom stereocenters. The lowest BCUT2D eigenvalue weighted by Gasteiger charge is -2.20. The number of anilines is 1. The summed E-state index contributed by atoms with van der Waals surface area (Å²) in [5.74, 6) is 1.51. The number of aryl methyl sites for hydroxylation is 2. The van der Waals surface area contributed by atoms with E-state index in [9.17, 15) is 5.11 Å². The van der Waals surface area contributed by atoms with Crippen molar-refractivity contribution < 1.29 is 9.52 Å². The Balaban J connectivity index is 1.48. The summed E-state index contributed by atoms with van der Waals surface area (Å²) in [7, 11) is 0. The summed E-state index contributed by atoms with van der Waals surface area (Å²) < 4.78 is 5.84. The van der Waals surface area contributed by atoms with Crippen molar-refractivity contribution in [2.75, 3.05) is 5.73 Å². The van der Waals surface area contributed by atoms with E-state index >= 15 is 0 Å². The molecule has 0 aliphatic heterocycles. The van der Waals surface area contributed by atoms with Crippen LogP contribution in [0.4, 0.5) is 5.82 Å². The van der Waals surface area contributed by atoms with Crippen molar-refractivity contribution in [2.45, 2.75) is 52.8 Å². The van der Waals surface area contributed by atoms with Crippen LogP contribution in [0.25, 0.3) is 10.9 Å². The molecule has 8 nitrogen and oxygen atoms in total. The maximum atomic E-state index is 10.7. The number of aliphatic hydroxyl groups is 1. The van der Waals surface area contributed by atoms with Gasteiger partial charge in [0.25, 0.3) is 0 Å². The van der Waals surface area contributed by atoms with E-state index in [1.807, 2.05) is 38.1 Å². The maximum Gasteiger partial charge on any atom is 0.230 e. The maximum absolute atomic E-state index is 10.7. The Labute approximate surface area is 197 Å². The highest BCUT2D eigenvalue weighted by atomic mass is 35.5. The summed E-state index contributed by atoms with van der Waals surface area (Å²) in [6.07, 6.45) is 2.01. The third-order valence-corrected chi connectivity index (χ3v) is 5.69. The van der Waals surface area contributed by atoms with Crippen molar-refractivity contribution >= 4 is 28.3 Å². The third-order valence-electron chi connectivity index (χ3n) is 5.48. The average Bonchev–Trinajstić information content (AvgIpc) is 3.15. The van der Waals surface area contributed by atoms with E-state index in [-0.39, 0.29) is 0 Å². The molecule has 0 saturated carbocycles. The van der Waals surface area contributed by atoms with E-state index in [4.69, 9.17) is 21.8 Å². The zero-order valence-electron chi connectivity index (χ0n) is 19.1. The first-order chi connectivity index (χ1) is 15.6. The highest BCUT2D eigenvalue weighted by Crippen LogP contribution is 2.30. The van der Waals surface area contributed by atoms with Gasteiger partial charge in [0.2, 0.25) is 11.8 Å². The van der Waals surface area contributed by atoms with E-state index in [1.54, 1.807) is 20.0 Å². The Kier molecular flexibility index (Phi) is 6.34. The van der Waals surface area contributed by atoms with E-state index < -0.39 is 5.60 Å². The van der Waals surface area contributed by atoms with Crippen molar-refractivity contribution in [3.8, 4) is 0 Å². The number of benzene rings is 1. The Morgan fingerprint density at radius 1 is 1.09 bits per heavy atom. The van der Waals surface area contributed by atoms with Crippen LogP contribution in [0.1, 0.15) is 53.6 Å². The van der Waals surface area contributed by atoms with Crippen LogP contribution in [0.15, 0.2) is 34.9 Å². The monoisotopic (exact) mass is 466 g/mol. The van der Waals surface area contributed by atoms with Crippen molar-refractivity contribution in [3.05, 3.63) is 75.2 Å². The molecule has 0 atom stereocenters. The number of nitrogens with two attached hydrogens (primary N) is 1. The minimum Gasteiger partial charge on any atom is -0.424 e. The number of nitrogen functional groups attached to an aromatic ring is 1. The van der Waals surface area contributed by atoms with Gasteiger partial charge in [-0.05, 0) is 62.6 Å². The molecule has 0 spiro atoms. The fourth-order valence-corrected chi connectivity index (χ4v) is 4.08. The lowest BCUT2D eigenvalue weighted by molar-refractivity contribution is 0.0799. The molecule has 1 aromatic carbocycles. The molecular weight excluding hydrogens is 440 g/mol. The first kappa shape index (κ1) is 23.1. The molecule has 0 aliphatic carbocycles. The van der Waals surface area contributed by atoms with Crippen LogP contribution in [0.2, 0.25) is 5.02 Å². The molecular formula is C24H27ClN6O2. The Morgan fingerprint density at radius 3 is 2.58 bits per heavy atom. The molecule has 3 aromatic heterocycles. The summed E-state index contributed by atoms with van der Waals surface area (Å²) in [6.45, 7) is 8.48. The molecule has 4 rings (SSSR count). The van der Waals surface area contributed by atoms with Gasteiger partial charge in [-0.1, -0.05) is 17.7 Å². The zero-order chi connectivity index (χ0) is 23.8. The van der Waals surface area contributed by atoms with E-state index in [1.165, 1.54) is 0 Å². The molecule has 0 fully saturated rings. The smallest absolute Gasteiger partial charge is 0.230 e. The number of nitrogens with one attached hydrogen (secondary N) is 1. The van der Waals surface area contributed by atoms with Gasteiger partial charge in [-0.15, -0.1) is 10.2 Å². The molecule has 4 N–H and O–H groups in total. The van der Waals surface area contributed by atoms with Crippen molar-refractivity contribution in [2.24, 2.45) is 0 Å². The van der Waals surface area contributed by atoms with Gasteiger partial charge in [0.15, 0.2) is 0 Å². The van der Waals surface area contributed by atoms with Gasteiger partial charge in [-0.3, -0.25) is 4.98 Å². The molecule has 4 aromatic rings. The summed E-state index contributed by atoms with van der Waals surface area (Å²) in [6, 6.07) is 7.60. The molecule has 0 bridgehead atoms. The number of hydrogen-bond donors (Lipinski definition) is 3. The molecule has 33 heavy (non-hydrogen) atoms. The fourth-order valence-electron chi connectivity index (χ4n) is 3.91. The first-order valence-electron chi connectivity index (χ1n) is 10.7. The number of fused-ring (bicyclic) bond motifs is 1. The summed E-state index contributed by atoms with van der Waals surface area (Å²) in [5.41, 5.74) is 10.2. The van der Waals surface area contributed by atoms with E-state index in [2.05, 4.69) is 25.5 Å². The predicted octanol–water partition coefficient (Wildman–Crippen LogP) is 3.97. The highest BCUT2D eigenvalue weighted by Gasteiger charge is 2.21. The van der Waals surface area contributed by atoms with Gasteiger partial charge in [0.1, 0.15) is 5.82 Å². The minimum atomic E-state index is -1.06. The van der Waals surface area contributed by atoms with Crippen LogP contribution in [0.5, 0.6) is 0 Å². The van der Waals surface area contributed by atoms with Crippen molar-refractivity contribution in [1.82, 2.24) is 25.5 Å². The Bertz CT molecular complexity index is 1290. The van der Waals surface area contributed by atoms with Crippen LogP contribution in [0.3, 0.4) is 0 Å². The SMILES string of the molecule is Cc1cc(N)nc(C)c1CNCc1nnc(Cc2cc(C(C)(C)O)c3ncc(Cl)cc3c2)o1. The van der Waals surface area contributed by atoms with Gasteiger partial charge in [0.05, 0.1) is 29.1 Å². The van der Waals surface area contributed by atoms with Crippen molar-refractivity contribution in [3.63, 3.8) is 0 Å². The second-order valence-corrected chi connectivity index (χ2v) is 9.16. The van der Waals surface area contributed by atoms with Gasteiger partial charge in [-0.2, -0.15) is 0 Å². The van der Waals surface area contributed by atoms with E-state index in [0.717, 1.165) is 33.3 Å². The summed E-state index contributed by atoms with van der Waals surface area (Å²) >= 11 is 6.14. The van der Waals surface area contributed by atoms with Gasteiger partial charge in [0, 0.05) is 29.4 Å². The van der Waals surface area contributed by atoms with Crippen LogP contribution >= 0.6 is 11.6 Å². The van der Waals surface area contributed by atoms with Gasteiger partial charge >= 0.3 is 0 Å². The highest BCUT2D eigenvalue weighted by molar-refractivity contribution is 6.31. The number of hydrogen-bond acceptors (Lipinski definition) is 8. The van der Waals surface area contributed by atoms with Crippen LogP contribution in [0, 0.1) is 13.8 Å². The molecule has 0 radical (unpaired) electrons. The minimum absolute atomic E-state index is 0.429. The lowest BCUT2D eigenvalue weighted by atomic mass is 9.92. The summed E-state index contributed by atoms with van der Waals surface area (Å²) in [4.78, 5) is 8.73. The average molecular weight is 467 g/mol. The molecule has 0 saturated heterocycles. The lowest BCUT2D eigenvalue weighted by Crippen LogP contribution is -2.17. The van der Waals surface area contributed by atoms with Crippen molar-refractivity contribution in [1.29, 1.82) is 0 Å². The standard InChI is InChI=1S/C24H27ClN6O2/c1-13-5-20(26)29-14(2)18(13)11-27-12-22-31-30-21(33-22)8-15-6-16-9-17(25)10-28-23(16)19(7-15)24(3,4)32/h5-7,9-10,27,32H,8,11-12H2,1-4H3,(H2,26,29). The second kappa shape index (κ2) is 9.05. The van der Waals surface area contributed by atoms with Gasteiger partial charge < -0.3 is 20.6 Å². The number of nitrogens with zero attached hydrogens (tertiary/aromatic N) is 4. The number of pyridine rings is 2. The quantitative estimate of drug-likeness (QED) is 0.373. The van der Waals surface area contributed by atoms with E-state index in [0.29, 0.717) is 47.6 Å². The molecule has 3 heterocycles. The normalized spacial score (nSPS) is 11.9. The number of halogens is 1. The predicted molar refractivity (Wildman–Crippen MR) is 128 cm³/mol. The molecule has 0 amide bonds. The number of aromatic nitrogens is 4. The third kappa shape index (κ3) is 5.30. The first-order valence-corrected chi connectivity index (χ1v) is 11.0. The largest absolute Gasteiger partial charge is 0.424 e. The number of rotatable bonds is 7. The van der Waals surface area contributed by atoms with Crippen LogP contribution < -0.4 is 11.1 Å². The Morgan fingerprint density at radius 2 is 1.85 bits per heavy atom. The molecule has 172 valence electrons. The fraction of sp³-hybridized carbons (Fsp3) is 0.333. The van der Waals surface area contributed by atoms with Crippen LogP contribution in [-0.4, -0.2) is 25.3 Å².